The minimum Gasteiger partial charge on any atom is -0.497 e. The summed E-state index contributed by atoms with van der Waals surface area (Å²) in [5.74, 6) is 0.774. The molecule has 0 saturated carbocycles. The summed E-state index contributed by atoms with van der Waals surface area (Å²) in [6.45, 7) is 8.24. The number of nitrogens with one attached hydrogen (secondary N) is 1. The summed E-state index contributed by atoms with van der Waals surface area (Å²) < 4.78 is 10.7. The molecule has 2 aromatic rings. The normalized spacial score (nSPS) is 16.0. The number of rotatable bonds is 5. The van der Waals surface area contributed by atoms with E-state index in [1.807, 2.05) is 36.4 Å². The lowest BCUT2D eigenvalue weighted by atomic mass is 10.0. The Bertz CT molecular complexity index is 752. The molecular formula is C20H26N2O3. The molecule has 5 heteroatoms. The van der Waals surface area contributed by atoms with E-state index < -0.39 is 0 Å². The molecule has 1 amide bonds. The molecule has 0 bridgehead atoms. The summed E-state index contributed by atoms with van der Waals surface area (Å²) >= 11 is 0. The van der Waals surface area contributed by atoms with E-state index in [9.17, 15) is 4.79 Å². The van der Waals surface area contributed by atoms with Gasteiger partial charge in [-0.15, -0.1) is 0 Å². The summed E-state index contributed by atoms with van der Waals surface area (Å²) in [4.78, 5) is 14.9. The molecule has 1 heterocycles. The van der Waals surface area contributed by atoms with E-state index in [4.69, 9.17) is 9.47 Å². The fraction of sp³-hybridized carbons (Fsp3) is 0.450. The lowest BCUT2D eigenvalue weighted by Gasteiger charge is -2.40. The fourth-order valence-electron chi connectivity index (χ4n) is 3.17. The number of methoxy groups -OCH3 is 1. The SMILES string of the molecule is COc1ccc2cc(C(=O)NCC(C)(C)N3CCOCC3)ccc2c1. The van der Waals surface area contributed by atoms with E-state index in [0.717, 1.165) is 42.8 Å². The number of amides is 1. The van der Waals surface area contributed by atoms with Gasteiger partial charge in [0, 0.05) is 30.7 Å². The van der Waals surface area contributed by atoms with Crippen LogP contribution in [0.1, 0.15) is 24.2 Å². The summed E-state index contributed by atoms with van der Waals surface area (Å²) in [7, 11) is 1.65. The van der Waals surface area contributed by atoms with Crippen LogP contribution in [0.4, 0.5) is 0 Å². The van der Waals surface area contributed by atoms with Crippen LogP contribution in [-0.4, -0.2) is 56.3 Å². The highest BCUT2D eigenvalue weighted by Crippen LogP contribution is 2.22. The number of ether oxygens (including phenoxy) is 2. The third-order valence-electron chi connectivity index (χ3n) is 4.86. The van der Waals surface area contributed by atoms with Crippen LogP contribution in [0, 0.1) is 0 Å². The topological polar surface area (TPSA) is 50.8 Å². The molecule has 1 fully saturated rings. The molecule has 5 nitrogen and oxygen atoms in total. The number of hydrogen-bond acceptors (Lipinski definition) is 4. The Morgan fingerprint density at radius 1 is 1.16 bits per heavy atom. The second-order valence-electron chi connectivity index (χ2n) is 7.02. The van der Waals surface area contributed by atoms with Crippen molar-refractivity contribution in [3.63, 3.8) is 0 Å². The van der Waals surface area contributed by atoms with Crippen molar-refractivity contribution < 1.29 is 14.3 Å². The van der Waals surface area contributed by atoms with Gasteiger partial charge in [-0.2, -0.15) is 0 Å². The van der Waals surface area contributed by atoms with Gasteiger partial charge in [-0.1, -0.05) is 12.1 Å². The minimum absolute atomic E-state index is 0.0425. The van der Waals surface area contributed by atoms with Crippen LogP contribution in [-0.2, 0) is 4.74 Å². The van der Waals surface area contributed by atoms with E-state index in [-0.39, 0.29) is 11.4 Å². The Labute approximate surface area is 148 Å². The van der Waals surface area contributed by atoms with Crippen LogP contribution >= 0.6 is 0 Å². The van der Waals surface area contributed by atoms with Crippen LogP contribution in [0.5, 0.6) is 5.75 Å². The van der Waals surface area contributed by atoms with Crippen molar-refractivity contribution in [2.24, 2.45) is 0 Å². The molecule has 1 saturated heterocycles. The van der Waals surface area contributed by atoms with Crippen molar-refractivity contribution in [1.82, 2.24) is 10.2 Å². The average molecular weight is 342 g/mol. The molecule has 0 spiro atoms. The highest BCUT2D eigenvalue weighted by Gasteiger charge is 2.28. The number of fused-ring (bicyclic) bond motifs is 1. The van der Waals surface area contributed by atoms with Gasteiger partial charge >= 0.3 is 0 Å². The Morgan fingerprint density at radius 2 is 1.84 bits per heavy atom. The Morgan fingerprint density at radius 3 is 2.56 bits per heavy atom. The predicted octanol–water partition coefficient (Wildman–Crippen LogP) is 2.69. The molecule has 2 aromatic carbocycles. The molecule has 134 valence electrons. The van der Waals surface area contributed by atoms with Gasteiger partial charge in [0.2, 0.25) is 0 Å². The third-order valence-corrected chi connectivity index (χ3v) is 4.86. The van der Waals surface area contributed by atoms with Gasteiger partial charge in [0.25, 0.3) is 5.91 Å². The van der Waals surface area contributed by atoms with Gasteiger partial charge in [-0.05, 0) is 48.9 Å². The lowest BCUT2D eigenvalue weighted by Crippen LogP contribution is -2.55. The van der Waals surface area contributed by atoms with Gasteiger partial charge in [-0.3, -0.25) is 9.69 Å². The van der Waals surface area contributed by atoms with E-state index in [0.29, 0.717) is 12.1 Å². The quantitative estimate of drug-likeness (QED) is 0.908. The number of carbonyl (C=O) groups excluding carboxylic acids is 1. The highest BCUT2D eigenvalue weighted by molar-refractivity contribution is 5.98. The van der Waals surface area contributed by atoms with Gasteiger partial charge in [0.05, 0.1) is 20.3 Å². The van der Waals surface area contributed by atoms with Gasteiger partial charge in [-0.25, -0.2) is 0 Å². The first-order chi connectivity index (χ1) is 12.0. The summed E-state index contributed by atoms with van der Waals surface area (Å²) in [6.07, 6.45) is 0. The molecule has 0 atom stereocenters. The van der Waals surface area contributed by atoms with E-state index in [1.165, 1.54) is 0 Å². The monoisotopic (exact) mass is 342 g/mol. The second kappa shape index (κ2) is 7.42. The van der Waals surface area contributed by atoms with Crippen molar-refractivity contribution in [2.75, 3.05) is 40.0 Å². The standard InChI is InChI=1S/C20H26N2O3/c1-20(2,22-8-10-25-11-9-22)14-21-19(23)17-5-4-16-13-18(24-3)7-6-15(16)12-17/h4-7,12-13H,8-11,14H2,1-3H3,(H,21,23). The maximum Gasteiger partial charge on any atom is 0.251 e. The highest BCUT2D eigenvalue weighted by atomic mass is 16.5. The zero-order valence-electron chi connectivity index (χ0n) is 15.2. The molecular weight excluding hydrogens is 316 g/mol. The summed E-state index contributed by atoms with van der Waals surface area (Å²) in [5, 5.41) is 5.17. The Kier molecular flexibility index (Phi) is 5.25. The summed E-state index contributed by atoms with van der Waals surface area (Å²) in [6, 6.07) is 11.6. The molecule has 1 aliphatic heterocycles. The van der Waals surface area contributed by atoms with Crippen LogP contribution in [0.15, 0.2) is 36.4 Å². The lowest BCUT2D eigenvalue weighted by molar-refractivity contribution is -0.00923. The number of carbonyl (C=O) groups is 1. The molecule has 0 unspecified atom stereocenters. The minimum atomic E-state index is -0.0936. The van der Waals surface area contributed by atoms with Crippen molar-refractivity contribution in [3.05, 3.63) is 42.0 Å². The van der Waals surface area contributed by atoms with Crippen LogP contribution in [0.25, 0.3) is 10.8 Å². The first-order valence-corrected chi connectivity index (χ1v) is 8.68. The van der Waals surface area contributed by atoms with E-state index in [1.54, 1.807) is 7.11 Å². The molecule has 0 radical (unpaired) electrons. The number of nitrogens with zero attached hydrogens (tertiary/aromatic N) is 1. The van der Waals surface area contributed by atoms with Gasteiger partial charge in [0.15, 0.2) is 0 Å². The maximum atomic E-state index is 12.6. The van der Waals surface area contributed by atoms with Gasteiger partial charge in [0.1, 0.15) is 5.75 Å². The Hall–Kier alpha value is -2.11. The maximum absolute atomic E-state index is 12.6. The van der Waals surface area contributed by atoms with Crippen LogP contribution in [0.3, 0.4) is 0 Å². The molecule has 0 aromatic heterocycles. The molecule has 3 rings (SSSR count). The third kappa shape index (κ3) is 4.11. The number of benzene rings is 2. The van der Waals surface area contributed by atoms with Crippen molar-refractivity contribution in [1.29, 1.82) is 0 Å². The van der Waals surface area contributed by atoms with Gasteiger partial charge < -0.3 is 14.8 Å². The smallest absolute Gasteiger partial charge is 0.251 e. The first-order valence-electron chi connectivity index (χ1n) is 8.68. The van der Waals surface area contributed by atoms with Crippen molar-refractivity contribution in [3.8, 4) is 5.75 Å². The molecule has 1 aliphatic rings. The Balaban J connectivity index is 1.67. The second-order valence-corrected chi connectivity index (χ2v) is 7.02. The first kappa shape index (κ1) is 17.7. The fourth-order valence-corrected chi connectivity index (χ4v) is 3.17. The zero-order chi connectivity index (χ0) is 17.9. The van der Waals surface area contributed by atoms with Crippen LogP contribution < -0.4 is 10.1 Å². The molecule has 0 aliphatic carbocycles. The zero-order valence-corrected chi connectivity index (χ0v) is 15.2. The van der Waals surface area contributed by atoms with E-state index >= 15 is 0 Å². The van der Waals surface area contributed by atoms with E-state index in [2.05, 4.69) is 24.1 Å². The number of hydrogen-bond donors (Lipinski definition) is 1. The largest absolute Gasteiger partial charge is 0.497 e. The average Bonchev–Trinajstić information content (AvgIpc) is 2.66. The van der Waals surface area contributed by atoms with Crippen molar-refractivity contribution in [2.45, 2.75) is 19.4 Å². The summed E-state index contributed by atoms with van der Waals surface area (Å²) in [5.41, 5.74) is 0.583. The predicted molar refractivity (Wildman–Crippen MR) is 99.3 cm³/mol. The van der Waals surface area contributed by atoms with Crippen molar-refractivity contribution >= 4 is 16.7 Å². The molecule has 25 heavy (non-hydrogen) atoms. The molecule has 1 N–H and O–H groups in total. The van der Waals surface area contributed by atoms with Crippen LogP contribution in [0.2, 0.25) is 0 Å². The number of morpholine rings is 1.